The molecule has 5 aliphatic heterocycles. The molecule has 2 bridgehead atoms. The maximum absolute atomic E-state index is 17.0. The predicted molar refractivity (Wildman–Crippen MR) is 246 cm³/mol. The predicted octanol–water partition coefficient (Wildman–Crippen LogP) is 5.09. The van der Waals surface area contributed by atoms with Crippen LogP contribution in [0, 0.1) is 18.8 Å². The maximum Gasteiger partial charge on any atom is 0.416 e. The van der Waals surface area contributed by atoms with E-state index in [0.29, 0.717) is 46.8 Å². The highest BCUT2D eigenvalue weighted by Gasteiger charge is 2.57. The average molecular weight is 995 g/mol. The van der Waals surface area contributed by atoms with Gasteiger partial charge < -0.3 is 34.3 Å². The fraction of sp³-hybridized carbons (Fsp3) is 0.396. The van der Waals surface area contributed by atoms with Gasteiger partial charge in [-0.1, -0.05) is 23.4 Å². The number of rotatable bonds is 7. The third kappa shape index (κ3) is 8.19. The number of likely N-dealkylation sites (tertiary alicyclic amines) is 1. The highest BCUT2D eigenvalue weighted by molar-refractivity contribution is 6.33. The van der Waals surface area contributed by atoms with E-state index in [2.05, 4.69) is 52.0 Å². The van der Waals surface area contributed by atoms with Crippen molar-refractivity contribution < 1.29 is 41.7 Å². The maximum atomic E-state index is 17.0. The molecule has 23 heteroatoms. The minimum atomic E-state index is -4.68. The molecule has 366 valence electrons. The number of aromatic nitrogens is 8. The molecule has 4 aromatic heterocycles. The lowest BCUT2D eigenvalue weighted by atomic mass is 9.83. The molecule has 0 aliphatic carbocycles. The molecule has 0 radical (unpaired) electrons. The molecule has 0 saturated carbocycles. The van der Waals surface area contributed by atoms with Gasteiger partial charge in [-0.05, 0) is 69.2 Å². The van der Waals surface area contributed by atoms with Crippen molar-refractivity contribution in [3.8, 4) is 29.0 Å². The van der Waals surface area contributed by atoms with Gasteiger partial charge in [0.25, 0.3) is 11.5 Å². The van der Waals surface area contributed by atoms with Crippen LogP contribution in [-0.2, 0) is 32.6 Å². The summed E-state index contributed by atoms with van der Waals surface area (Å²) in [6.07, 6.45) is -1.08. The van der Waals surface area contributed by atoms with Crippen LogP contribution in [0.25, 0.3) is 17.2 Å². The van der Waals surface area contributed by atoms with Crippen LogP contribution in [0.5, 0.6) is 5.75 Å². The first kappa shape index (κ1) is 46.3. The zero-order valence-corrected chi connectivity index (χ0v) is 38.8. The van der Waals surface area contributed by atoms with E-state index in [0.717, 1.165) is 67.0 Å². The molecule has 4 saturated heterocycles. The Morgan fingerprint density at radius 2 is 1.69 bits per heavy atom. The van der Waals surface area contributed by atoms with Crippen LogP contribution in [0.3, 0.4) is 0 Å². The van der Waals surface area contributed by atoms with Crippen LogP contribution in [0.4, 0.5) is 29.2 Å². The van der Waals surface area contributed by atoms with Gasteiger partial charge in [-0.3, -0.25) is 19.3 Å². The number of anilines is 2. The van der Waals surface area contributed by atoms with Crippen LogP contribution in [0.1, 0.15) is 76.4 Å². The zero-order chi connectivity index (χ0) is 49.5. The molecule has 4 fully saturated rings. The Kier molecular flexibility index (Phi) is 11.5. The summed E-state index contributed by atoms with van der Waals surface area (Å²) in [6, 6.07) is 10.8. The summed E-state index contributed by atoms with van der Waals surface area (Å²) in [5.41, 5.74) is -2.29. The number of alkyl halides is 4. The number of ether oxygens (including phenoxy) is 2. The van der Waals surface area contributed by atoms with Crippen molar-refractivity contribution in [1.82, 2.24) is 48.9 Å². The van der Waals surface area contributed by atoms with Gasteiger partial charge in [0, 0.05) is 61.7 Å². The fourth-order valence-electron chi connectivity index (χ4n) is 10.5. The van der Waals surface area contributed by atoms with Gasteiger partial charge in [0.15, 0.2) is 23.4 Å². The van der Waals surface area contributed by atoms with E-state index in [1.54, 1.807) is 43.6 Å². The van der Waals surface area contributed by atoms with Gasteiger partial charge in [0.1, 0.15) is 18.5 Å². The summed E-state index contributed by atoms with van der Waals surface area (Å²) < 4.78 is 71.3. The van der Waals surface area contributed by atoms with E-state index in [9.17, 15) is 32.7 Å². The molecule has 5 aliphatic rings. The smallest absolute Gasteiger partial charge is 0.416 e. The molecule has 18 nitrogen and oxygen atoms in total. The van der Waals surface area contributed by atoms with E-state index in [-0.39, 0.29) is 57.9 Å². The zero-order valence-electron chi connectivity index (χ0n) is 38.0. The van der Waals surface area contributed by atoms with Gasteiger partial charge in [-0.15, -0.1) is 5.10 Å². The van der Waals surface area contributed by atoms with Crippen molar-refractivity contribution in [3.05, 3.63) is 116 Å². The molecule has 2 amide bonds. The molecule has 2 N–H and O–H groups in total. The van der Waals surface area contributed by atoms with Crippen LogP contribution in [0.2, 0.25) is 5.02 Å². The lowest BCUT2D eigenvalue weighted by Gasteiger charge is -2.47. The first-order valence-corrected chi connectivity index (χ1v) is 23.3. The topological polar surface area (TPSA) is 198 Å². The van der Waals surface area contributed by atoms with Gasteiger partial charge >= 0.3 is 6.18 Å². The Morgan fingerprint density at radius 1 is 0.972 bits per heavy atom. The summed E-state index contributed by atoms with van der Waals surface area (Å²) in [4.78, 5) is 69.9. The van der Waals surface area contributed by atoms with E-state index >= 15 is 4.39 Å². The summed E-state index contributed by atoms with van der Waals surface area (Å²) in [5.74, 6) is 4.90. The number of hydrogen-bond donors (Lipinski definition) is 2. The Balaban J connectivity index is 0.880. The molecule has 5 atom stereocenters. The molecular formula is C48H43ClF4N12O6. The van der Waals surface area contributed by atoms with Gasteiger partial charge in [-0.2, -0.15) is 22.7 Å². The molecule has 0 unspecified atom stereocenters. The number of nitrogens with one attached hydrogen (secondary N) is 1. The number of halogens is 5. The first-order valence-electron chi connectivity index (χ1n) is 22.9. The second kappa shape index (κ2) is 17.7. The van der Waals surface area contributed by atoms with E-state index in [1.165, 1.54) is 11.5 Å². The number of benzene rings is 2. The van der Waals surface area contributed by atoms with Crippen LogP contribution in [0.15, 0.2) is 66.0 Å². The summed E-state index contributed by atoms with van der Waals surface area (Å²) in [7, 11) is 0. The third-order valence-electron chi connectivity index (χ3n) is 14.0. The number of fused-ring (bicyclic) bond motifs is 5. The van der Waals surface area contributed by atoms with E-state index in [1.807, 2.05) is 0 Å². The van der Waals surface area contributed by atoms with Crippen molar-refractivity contribution >= 4 is 40.8 Å². The van der Waals surface area contributed by atoms with E-state index < -0.39 is 65.8 Å². The minimum absolute atomic E-state index is 0.0734. The van der Waals surface area contributed by atoms with Crippen LogP contribution < -0.4 is 15.8 Å². The highest BCUT2D eigenvalue weighted by Crippen LogP contribution is 2.49. The average Bonchev–Trinajstić information content (AvgIpc) is 3.98. The number of nitrogens with zero attached hydrogens (tertiary/aromatic N) is 11. The lowest BCUT2D eigenvalue weighted by Crippen LogP contribution is -2.62. The number of piperazine rings is 1. The summed E-state index contributed by atoms with van der Waals surface area (Å²) >= 11 is 6.19. The van der Waals surface area contributed by atoms with Crippen molar-refractivity contribution in [1.29, 1.82) is 0 Å². The van der Waals surface area contributed by atoms with Crippen molar-refractivity contribution in [2.45, 2.75) is 81.8 Å². The Bertz CT molecular complexity index is 3240. The normalized spacial score (nSPS) is 23.1. The molecule has 1 spiro atoms. The number of hydrogen-bond acceptors (Lipinski definition) is 14. The molecular weight excluding hydrogens is 952 g/mol. The van der Waals surface area contributed by atoms with Gasteiger partial charge in [0.2, 0.25) is 17.6 Å². The Morgan fingerprint density at radius 3 is 2.35 bits per heavy atom. The standard InChI is InChI=1S/C48H43ClF4N12O6/c1-25-41(67)39(57-24-56-25)44(69)61-14-13-47(36(50)20-61)38-40(26(2)71-47)63(21-37(66)58-35-12-9-30(15-34(35)49)48(51,52)53)46-59-42(60-65(46)43(38)68)29-7-5-27(6-8-29)3-4-28-16-54-45(55-17-28)62-18-31-10-11-32(19-62)64(31)33-22-70-23-33/h5-9,12,15-17,24,26,31-33,36,67H,10-11,13-14,18-23H2,1-2H3,(H,58,66)/t26-,31-,32+,36+,47+/m1/s1. The molecule has 11 rings (SSSR count). The number of piperidine rings is 1. The fourth-order valence-corrected chi connectivity index (χ4v) is 10.7. The quantitative estimate of drug-likeness (QED) is 0.159. The second-order valence-corrected chi connectivity index (χ2v) is 18.7. The monoisotopic (exact) mass is 994 g/mol. The molecule has 6 aromatic rings. The van der Waals surface area contributed by atoms with Crippen molar-refractivity contribution in [3.63, 3.8) is 0 Å². The Labute approximate surface area is 406 Å². The second-order valence-electron chi connectivity index (χ2n) is 18.3. The summed E-state index contributed by atoms with van der Waals surface area (Å²) in [5, 5.41) is 17.2. The van der Waals surface area contributed by atoms with Crippen LogP contribution in [-0.4, -0.2) is 130 Å². The number of carbonyl (C=O) groups excluding carboxylic acids is 2. The number of amides is 2. The molecule has 2 aromatic carbocycles. The van der Waals surface area contributed by atoms with Gasteiger partial charge in [-0.25, -0.2) is 24.3 Å². The lowest BCUT2D eigenvalue weighted by molar-refractivity contribution is -0.143. The first-order chi connectivity index (χ1) is 34.1. The van der Waals surface area contributed by atoms with Crippen LogP contribution >= 0.6 is 11.6 Å². The van der Waals surface area contributed by atoms with Crippen molar-refractivity contribution in [2.24, 2.45) is 0 Å². The largest absolute Gasteiger partial charge is 0.504 e. The number of aryl methyl sites for hydroxylation is 1. The number of carbonyl (C=O) groups is 2. The molecule has 9 heterocycles. The number of aromatic hydroxyl groups is 1. The summed E-state index contributed by atoms with van der Waals surface area (Å²) in [6.45, 7) is 5.13. The van der Waals surface area contributed by atoms with Gasteiger partial charge in [0.05, 0.1) is 70.7 Å². The Hall–Kier alpha value is -7.06. The minimum Gasteiger partial charge on any atom is -0.504 e. The third-order valence-corrected chi connectivity index (χ3v) is 14.3. The SMILES string of the molecule is Cc1ncnc(C(=O)N2CC[C@]3(O[C@H](C)c4c3c(=O)n3nc(-c5ccc(C#Cc6cnc(N7C[C@H]8CC[C@@H](C7)N8C7COC7)nc6)cc5)nc3n4CC(=O)Nc3ccc(C(F)(F)F)cc3Cl)[C@@H](F)C2)c1O. The van der Waals surface area contributed by atoms with Crippen molar-refractivity contribution in [2.75, 3.05) is 49.6 Å². The molecule has 71 heavy (non-hydrogen) atoms. The highest BCUT2D eigenvalue weighted by atomic mass is 35.5. The van der Waals surface area contributed by atoms with E-state index in [4.69, 9.17) is 26.1 Å².